The highest BCUT2D eigenvalue weighted by atomic mass is 16.5. The molecule has 35 heavy (non-hydrogen) atoms. The quantitative estimate of drug-likeness (QED) is 0.425. The molecule has 2 heterocycles. The Hall–Kier alpha value is -4.20. The van der Waals surface area contributed by atoms with Crippen molar-refractivity contribution >= 4 is 28.5 Å². The third kappa shape index (κ3) is 4.23. The molecule has 8 heteroatoms. The number of hydrogen-bond acceptors (Lipinski definition) is 5. The van der Waals surface area contributed by atoms with E-state index in [1.54, 1.807) is 33.5 Å². The fourth-order valence-corrected chi connectivity index (χ4v) is 4.27. The Morgan fingerprint density at radius 3 is 2.60 bits per heavy atom. The lowest BCUT2D eigenvalue weighted by Gasteiger charge is -2.25. The maximum atomic E-state index is 13.0. The van der Waals surface area contributed by atoms with E-state index in [-0.39, 0.29) is 17.7 Å². The molecule has 2 aromatic heterocycles. The third-order valence-corrected chi connectivity index (χ3v) is 6.51. The van der Waals surface area contributed by atoms with Crippen LogP contribution < -0.4 is 10.1 Å². The number of para-hydroxylation sites is 1. The number of nitrogens with one attached hydrogen (secondary N) is 2. The van der Waals surface area contributed by atoms with Crippen LogP contribution in [-0.2, 0) is 4.79 Å². The number of aromatic nitrogens is 3. The largest absolute Gasteiger partial charge is 0.496 e. The summed E-state index contributed by atoms with van der Waals surface area (Å²) in [6.07, 6.45) is 4.60. The van der Waals surface area contributed by atoms with E-state index in [4.69, 9.17) is 4.74 Å². The average molecular weight is 470 g/mol. The van der Waals surface area contributed by atoms with E-state index in [1.165, 1.54) is 4.90 Å². The van der Waals surface area contributed by atoms with Crippen LogP contribution >= 0.6 is 0 Å². The van der Waals surface area contributed by atoms with Crippen LogP contribution in [0.15, 0.2) is 54.7 Å². The lowest BCUT2D eigenvalue weighted by Crippen LogP contribution is -2.30. The molecular weight excluding hydrogens is 442 g/mol. The van der Waals surface area contributed by atoms with Gasteiger partial charge in [-0.1, -0.05) is 24.6 Å². The number of carbonyl (C=O) groups excluding carboxylic acids is 2. The molecular formula is C27H27N5O3. The first-order valence-corrected chi connectivity index (χ1v) is 11.6. The van der Waals surface area contributed by atoms with Crippen molar-refractivity contribution in [3.05, 3.63) is 60.3 Å². The Balaban J connectivity index is 1.56. The highest BCUT2D eigenvalue weighted by molar-refractivity contribution is 6.05. The molecule has 0 saturated heterocycles. The molecule has 178 valence electrons. The zero-order valence-electron chi connectivity index (χ0n) is 20.0. The van der Waals surface area contributed by atoms with Crippen LogP contribution in [0.5, 0.6) is 5.75 Å². The van der Waals surface area contributed by atoms with Crippen molar-refractivity contribution in [1.29, 1.82) is 0 Å². The highest BCUT2D eigenvalue weighted by Gasteiger charge is 2.26. The molecule has 5 rings (SSSR count). The predicted octanol–water partition coefficient (Wildman–Crippen LogP) is 4.74. The number of ether oxygens (including phenoxy) is 1. The normalized spacial score (nSPS) is 13.3. The van der Waals surface area contributed by atoms with Gasteiger partial charge in [0.1, 0.15) is 5.75 Å². The van der Waals surface area contributed by atoms with Crippen molar-refractivity contribution in [3.8, 4) is 28.1 Å². The number of fused-ring (bicyclic) bond motifs is 1. The van der Waals surface area contributed by atoms with E-state index in [9.17, 15) is 9.59 Å². The van der Waals surface area contributed by atoms with Gasteiger partial charge < -0.3 is 15.0 Å². The van der Waals surface area contributed by atoms with Gasteiger partial charge in [0.15, 0.2) is 5.65 Å². The van der Waals surface area contributed by atoms with Crippen molar-refractivity contribution in [2.75, 3.05) is 26.5 Å². The van der Waals surface area contributed by atoms with Crippen molar-refractivity contribution in [3.63, 3.8) is 0 Å². The Labute approximate surface area is 203 Å². The number of amides is 2. The fourth-order valence-electron chi connectivity index (χ4n) is 4.27. The molecule has 2 aromatic carbocycles. The van der Waals surface area contributed by atoms with Gasteiger partial charge >= 0.3 is 0 Å². The van der Waals surface area contributed by atoms with E-state index >= 15 is 0 Å². The van der Waals surface area contributed by atoms with Gasteiger partial charge in [-0.2, -0.15) is 5.10 Å². The summed E-state index contributed by atoms with van der Waals surface area (Å²) in [6, 6.07) is 15.2. The molecule has 1 fully saturated rings. The summed E-state index contributed by atoms with van der Waals surface area (Å²) in [5.74, 6) is 0.550. The molecule has 1 saturated carbocycles. The number of methoxy groups -OCH3 is 1. The molecule has 1 aliphatic carbocycles. The zero-order chi connectivity index (χ0) is 24.5. The molecule has 8 nitrogen and oxygen atoms in total. The van der Waals surface area contributed by atoms with Crippen LogP contribution in [0.2, 0.25) is 0 Å². The van der Waals surface area contributed by atoms with Gasteiger partial charge in [0, 0.05) is 42.7 Å². The molecule has 2 amide bonds. The van der Waals surface area contributed by atoms with Crippen LogP contribution in [-0.4, -0.2) is 53.1 Å². The second-order valence-corrected chi connectivity index (χ2v) is 8.97. The summed E-state index contributed by atoms with van der Waals surface area (Å²) < 4.78 is 5.53. The third-order valence-electron chi connectivity index (χ3n) is 6.51. The van der Waals surface area contributed by atoms with E-state index in [1.807, 2.05) is 42.5 Å². The van der Waals surface area contributed by atoms with Crippen LogP contribution in [0, 0.1) is 5.92 Å². The number of benzene rings is 2. The summed E-state index contributed by atoms with van der Waals surface area (Å²) in [6.45, 7) is 0. The van der Waals surface area contributed by atoms with Crippen molar-refractivity contribution in [1.82, 2.24) is 20.1 Å². The van der Waals surface area contributed by atoms with Gasteiger partial charge in [0.25, 0.3) is 5.91 Å². The first-order valence-electron chi connectivity index (χ1n) is 11.6. The SMILES string of the molecule is COc1ccccc1-c1[nH]nc2ncc(-c3ccc(NC(=O)C4CCC4)c(C(=O)N(C)C)c3)cc12. The van der Waals surface area contributed by atoms with Gasteiger partial charge in [-0.3, -0.25) is 14.7 Å². The Kier molecular flexibility index (Phi) is 5.94. The lowest BCUT2D eigenvalue weighted by atomic mass is 9.84. The number of hydrogen-bond donors (Lipinski definition) is 2. The molecule has 1 aliphatic rings. The van der Waals surface area contributed by atoms with E-state index in [2.05, 4.69) is 20.5 Å². The molecule has 0 unspecified atom stereocenters. The van der Waals surface area contributed by atoms with Gasteiger partial charge in [-0.15, -0.1) is 0 Å². The number of nitrogens with zero attached hydrogens (tertiary/aromatic N) is 3. The molecule has 2 N–H and O–H groups in total. The number of pyridine rings is 1. The number of rotatable bonds is 6. The molecule has 4 aromatic rings. The van der Waals surface area contributed by atoms with Crippen molar-refractivity contribution in [2.45, 2.75) is 19.3 Å². The first kappa shape index (κ1) is 22.6. The number of anilines is 1. The van der Waals surface area contributed by atoms with Crippen molar-refractivity contribution < 1.29 is 14.3 Å². The zero-order valence-corrected chi connectivity index (χ0v) is 20.0. The Morgan fingerprint density at radius 1 is 1.09 bits per heavy atom. The minimum atomic E-state index is -0.178. The summed E-state index contributed by atoms with van der Waals surface area (Å²) >= 11 is 0. The number of aromatic amines is 1. The van der Waals surface area contributed by atoms with Gasteiger partial charge in [0.05, 0.1) is 24.1 Å². The Bertz CT molecular complexity index is 1420. The second kappa shape index (κ2) is 9.21. The molecule has 0 spiro atoms. The van der Waals surface area contributed by atoms with E-state index < -0.39 is 0 Å². The summed E-state index contributed by atoms with van der Waals surface area (Å²) in [4.78, 5) is 31.6. The minimum Gasteiger partial charge on any atom is -0.496 e. The molecule has 0 aliphatic heterocycles. The lowest BCUT2D eigenvalue weighted by molar-refractivity contribution is -0.122. The van der Waals surface area contributed by atoms with Crippen LogP contribution in [0.25, 0.3) is 33.4 Å². The maximum Gasteiger partial charge on any atom is 0.255 e. The Morgan fingerprint density at radius 2 is 1.89 bits per heavy atom. The van der Waals surface area contributed by atoms with Gasteiger partial charge in [-0.05, 0) is 48.7 Å². The average Bonchev–Trinajstić information content (AvgIpc) is 3.25. The van der Waals surface area contributed by atoms with Crippen molar-refractivity contribution in [2.24, 2.45) is 5.92 Å². The van der Waals surface area contributed by atoms with Gasteiger partial charge in [-0.25, -0.2) is 4.98 Å². The summed E-state index contributed by atoms with van der Waals surface area (Å²) in [5, 5.41) is 11.2. The number of H-pyrrole nitrogens is 1. The van der Waals surface area contributed by atoms with Gasteiger partial charge in [0.2, 0.25) is 5.91 Å². The predicted molar refractivity (Wildman–Crippen MR) is 135 cm³/mol. The smallest absolute Gasteiger partial charge is 0.255 e. The van der Waals surface area contributed by atoms with Crippen LogP contribution in [0.3, 0.4) is 0 Å². The second-order valence-electron chi connectivity index (χ2n) is 8.97. The molecule has 0 atom stereocenters. The van der Waals surface area contributed by atoms with E-state index in [0.717, 1.165) is 52.8 Å². The minimum absolute atomic E-state index is 0.0260. The highest BCUT2D eigenvalue weighted by Crippen LogP contribution is 2.35. The van der Waals surface area contributed by atoms with Crippen LogP contribution in [0.4, 0.5) is 5.69 Å². The maximum absolute atomic E-state index is 13.0. The molecule has 0 radical (unpaired) electrons. The topological polar surface area (TPSA) is 100 Å². The number of carbonyl (C=O) groups is 2. The first-order chi connectivity index (χ1) is 17.0. The van der Waals surface area contributed by atoms with E-state index in [0.29, 0.717) is 16.9 Å². The monoisotopic (exact) mass is 469 g/mol. The van der Waals surface area contributed by atoms with Crippen LogP contribution in [0.1, 0.15) is 29.6 Å². The summed E-state index contributed by atoms with van der Waals surface area (Å²) in [5.41, 5.74) is 4.89. The summed E-state index contributed by atoms with van der Waals surface area (Å²) in [7, 11) is 5.03. The standard InChI is InChI=1S/C27H27N5O3/c1-32(2)27(34)20-13-17(11-12-22(20)29-26(33)16-7-6-8-16)18-14-21-24(30-31-25(21)28-15-18)19-9-4-5-10-23(19)35-3/h4-5,9-16H,6-8H2,1-3H3,(H,29,33)(H,28,30,31). The molecule has 0 bridgehead atoms. The fraction of sp³-hybridized carbons (Fsp3) is 0.259.